The number of halogens is 5. The van der Waals surface area contributed by atoms with Gasteiger partial charge in [0, 0.05) is 26.2 Å². The van der Waals surface area contributed by atoms with Gasteiger partial charge < -0.3 is 10.1 Å². The van der Waals surface area contributed by atoms with E-state index in [1.807, 2.05) is 0 Å². The van der Waals surface area contributed by atoms with Crippen molar-refractivity contribution in [2.45, 2.75) is 18.8 Å². The monoisotopic (exact) mass is 310 g/mol. The molecular weight excluding hydrogens is 295 g/mol. The second-order valence-electron chi connectivity index (χ2n) is 4.68. The fraction of sp³-hybridized carbons (Fsp3) is 0.538. The summed E-state index contributed by atoms with van der Waals surface area (Å²) in [5, 5.41) is 2.98. The van der Waals surface area contributed by atoms with Gasteiger partial charge in [-0.15, -0.1) is 0 Å². The summed E-state index contributed by atoms with van der Waals surface area (Å²) in [5.41, 5.74) is -0.0949. The van der Waals surface area contributed by atoms with Crippen molar-refractivity contribution in [1.82, 2.24) is 10.2 Å². The van der Waals surface area contributed by atoms with Gasteiger partial charge in [0.15, 0.2) is 0 Å². The van der Waals surface area contributed by atoms with Gasteiger partial charge in [0.25, 0.3) is 0 Å². The van der Waals surface area contributed by atoms with E-state index in [9.17, 15) is 22.0 Å². The molecule has 1 aromatic carbocycles. The van der Waals surface area contributed by atoms with Crippen LogP contribution in [0.4, 0.5) is 22.0 Å². The van der Waals surface area contributed by atoms with E-state index in [0.29, 0.717) is 13.1 Å². The lowest BCUT2D eigenvalue weighted by Gasteiger charge is -2.36. The summed E-state index contributed by atoms with van der Waals surface area (Å²) in [6.07, 6.45) is -4.49. The Balaban J connectivity index is 2.28. The van der Waals surface area contributed by atoms with Crippen LogP contribution in [0.5, 0.6) is 5.75 Å². The van der Waals surface area contributed by atoms with Crippen molar-refractivity contribution < 1.29 is 26.7 Å². The van der Waals surface area contributed by atoms with E-state index < -0.39 is 18.8 Å². The molecule has 3 nitrogen and oxygen atoms in total. The van der Waals surface area contributed by atoms with Crippen LogP contribution in [0.1, 0.15) is 11.6 Å². The number of rotatable bonds is 4. The zero-order valence-electron chi connectivity index (χ0n) is 11.0. The number of benzene rings is 1. The van der Waals surface area contributed by atoms with Gasteiger partial charge in [-0.3, -0.25) is 4.90 Å². The predicted octanol–water partition coefficient (Wildman–Crippen LogP) is 2.80. The van der Waals surface area contributed by atoms with E-state index in [1.165, 1.54) is 23.1 Å². The van der Waals surface area contributed by atoms with Gasteiger partial charge in [-0.2, -0.15) is 22.0 Å². The summed E-state index contributed by atoms with van der Waals surface area (Å²) < 4.78 is 68.5. The molecule has 0 aromatic heterocycles. The smallest absolute Gasteiger partial charge is 0.408 e. The zero-order valence-corrected chi connectivity index (χ0v) is 11.0. The minimum Gasteiger partial charge on any atom is -0.435 e. The van der Waals surface area contributed by atoms with Gasteiger partial charge in [0.05, 0.1) is 0 Å². The maximum Gasteiger partial charge on any atom is 0.408 e. The molecule has 0 amide bonds. The maximum atomic E-state index is 13.3. The molecule has 0 spiro atoms. The van der Waals surface area contributed by atoms with E-state index in [0.717, 1.165) is 6.07 Å². The molecule has 0 radical (unpaired) electrons. The summed E-state index contributed by atoms with van der Waals surface area (Å²) in [4.78, 5) is 1.29. The highest BCUT2D eigenvalue weighted by Gasteiger charge is 2.45. The average molecular weight is 310 g/mol. The Labute approximate surface area is 118 Å². The average Bonchev–Trinajstić information content (AvgIpc) is 2.38. The minimum absolute atomic E-state index is 0.0949. The molecule has 1 N–H and O–H groups in total. The van der Waals surface area contributed by atoms with E-state index >= 15 is 0 Å². The Hall–Kier alpha value is -1.41. The first kappa shape index (κ1) is 16.0. The van der Waals surface area contributed by atoms with E-state index in [2.05, 4.69) is 10.1 Å². The van der Waals surface area contributed by atoms with Gasteiger partial charge in [0.2, 0.25) is 0 Å². The normalized spacial score (nSPS) is 18.8. The fourth-order valence-corrected chi connectivity index (χ4v) is 2.41. The van der Waals surface area contributed by atoms with Crippen LogP contribution in [0.2, 0.25) is 0 Å². The molecular formula is C13H15F5N2O. The third kappa shape index (κ3) is 4.28. The largest absolute Gasteiger partial charge is 0.435 e. The molecule has 21 heavy (non-hydrogen) atoms. The molecule has 0 aliphatic carbocycles. The summed E-state index contributed by atoms with van der Waals surface area (Å²) in [6.45, 7) is -1.67. The predicted molar refractivity (Wildman–Crippen MR) is 66.3 cm³/mol. The Morgan fingerprint density at radius 3 is 2.38 bits per heavy atom. The topological polar surface area (TPSA) is 24.5 Å². The lowest BCUT2D eigenvalue weighted by atomic mass is 10.0. The van der Waals surface area contributed by atoms with Crippen LogP contribution in [-0.2, 0) is 0 Å². The molecule has 0 bridgehead atoms. The molecule has 1 aromatic rings. The van der Waals surface area contributed by atoms with Crippen molar-refractivity contribution in [1.29, 1.82) is 0 Å². The first-order chi connectivity index (χ1) is 9.88. The van der Waals surface area contributed by atoms with Crippen molar-refractivity contribution in [3.63, 3.8) is 0 Å². The van der Waals surface area contributed by atoms with Crippen LogP contribution in [-0.4, -0.2) is 43.9 Å². The molecule has 2 rings (SSSR count). The van der Waals surface area contributed by atoms with Crippen molar-refractivity contribution in [3.05, 3.63) is 29.8 Å². The Morgan fingerprint density at radius 2 is 1.81 bits per heavy atom. The summed E-state index contributed by atoms with van der Waals surface area (Å²) >= 11 is 0. The van der Waals surface area contributed by atoms with Crippen LogP contribution in [0, 0.1) is 0 Å². The number of hydrogen-bond acceptors (Lipinski definition) is 3. The molecule has 1 aliphatic heterocycles. The second kappa shape index (κ2) is 6.57. The SMILES string of the molecule is FC(F)Oc1cccc([C@@H](N2CCNCC2)C(F)(F)F)c1. The van der Waals surface area contributed by atoms with Gasteiger partial charge >= 0.3 is 12.8 Å². The van der Waals surface area contributed by atoms with E-state index in [4.69, 9.17) is 0 Å². The molecule has 1 atom stereocenters. The lowest BCUT2D eigenvalue weighted by Crippen LogP contribution is -2.49. The van der Waals surface area contributed by atoms with Crippen molar-refractivity contribution in [2.75, 3.05) is 26.2 Å². The van der Waals surface area contributed by atoms with Crippen LogP contribution in [0.15, 0.2) is 24.3 Å². The Bertz CT molecular complexity index is 460. The van der Waals surface area contributed by atoms with Crippen LogP contribution >= 0.6 is 0 Å². The number of hydrogen-bond donors (Lipinski definition) is 1. The van der Waals surface area contributed by atoms with Gasteiger partial charge in [-0.25, -0.2) is 0 Å². The van der Waals surface area contributed by atoms with Crippen molar-refractivity contribution in [2.24, 2.45) is 0 Å². The highest BCUT2D eigenvalue weighted by atomic mass is 19.4. The molecule has 0 unspecified atom stereocenters. The van der Waals surface area contributed by atoms with E-state index in [-0.39, 0.29) is 24.4 Å². The number of nitrogens with zero attached hydrogens (tertiary/aromatic N) is 1. The van der Waals surface area contributed by atoms with Gasteiger partial charge in [-0.1, -0.05) is 12.1 Å². The molecule has 1 saturated heterocycles. The zero-order chi connectivity index (χ0) is 15.5. The van der Waals surface area contributed by atoms with Crippen LogP contribution in [0.25, 0.3) is 0 Å². The Morgan fingerprint density at radius 1 is 1.14 bits per heavy atom. The molecule has 0 saturated carbocycles. The van der Waals surface area contributed by atoms with Crippen molar-refractivity contribution in [3.8, 4) is 5.75 Å². The quantitative estimate of drug-likeness (QED) is 0.866. The molecule has 118 valence electrons. The molecule has 1 heterocycles. The Kier molecular flexibility index (Phi) is 5.00. The third-order valence-corrected chi connectivity index (χ3v) is 3.23. The fourth-order valence-electron chi connectivity index (χ4n) is 2.41. The molecule has 8 heteroatoms. The summed E-state index contributed by atoms with van der Waals surface area (Å²) in [6, 6.07) is 2.97. The van der Waals surface area contributed by atoms with Crippen molar-refractivity contribution >= 4 is 0 Å². The highest BCUT2D eigenvalue weighted by molar-refractivity contribution is 5.31. The number of ether oxygens (including phenoxy) is 1. The van der Waals surface area contributed by atoms with E-state index in [1.54, 1.807) is 0 Å². The standard InChI is InChI=1S/C13H15F5N2O/c14-12(15)21-10-3-1-2-9(8-10)11(13(16,17)18)20-6-4-19-5-7-20/h1-3,8,11-12,19H,4-7H2/t11-/m1/s1. The van der Waals surface area contributed by atoms with Gasteiger partial charge in [0.1, 0.15) is 11.8 Å². The maximum absolute atomic E-state index is 13.3. The summed E-state index contributed by atoms with van der Waals surface area (Å²) in [7, 11) is 0. The second-order valence-corrected chi connectivity index (χ2v) is 4.68. The molecule has 1 fully saturated rings. The highest BCUT2D eigenvalue weighted by Crippen LogP contribution is 2.38. The third-order valence-electron chi connectivity index (χ3n) is 3.23. The lowest BCUT2D eigenvalue weighted by molar-refractivity contribution is -0.187. The summed E-state index contributed by atoms with van der Waals surface area (Å²) in [5.74, 6) is -0.271. The number of piperazine rings is 1. The molecule has 1 aliphatic rings. The minimum atomic E-state index is -4.49. The first-order valence-corrected chi connectivity index (χ1v) is 6.44. The first-order valence-electron chi connectivity index (χ1n) is 6.44. The van der Waals surface area contributed by atoms with Crippen LogP contribution in [0.3, 0.4) is 0 Å². The number of alkyl halides is 5. The van der Waals surface area contributed by atoms with Gasteiger partial charge in [-0.05, 0) is 17.7 Å². The number of nitrogens with one attached hydrogen (secondary N) is 1. The van der Waals surface area contributed by atoms with Crippen LogP contribution < -0.4 is 10.1 Å².